The van der Waals surface area contributed by atoms with Crippen LogP contribution < -0.4 is 5.32 Å². The molecule has 1 fully saturated rings. The fraction of sp³-hybridized carbons (Fsp3) is 0.222. The lowest BCUT2D eigenvalue weighted by molar-refractivity contribution is 0.259. The second kappa shape index (κ2) is 8.09. The number of benzene rings is 2. The van der Waals surface area contributed by atoms with Crippen molar-refractivity contribution in [3.63, 3.8) is 0 Å². The third-order valence-corrected chi connectivity index (χ3v) is 4.69. The molecular formula is C18H16Cl3N3O. The fourth-order valence-electron chi connectivity index (χ4n) is 2.73. The number of carbonyl (C=O) groups excluding carboxylic acids is 1. The molecule has 7 heteroatoms. The summed E-state index contributed by atoms with van der Waals surface area (Å²) < 4.78 is 0. The molecule has 1 saturated heterocycles. The summed E-state index contributed by atoms with van der Waals surface area (Å²) in [5.74, 6) is 0.766. The van der Waals surface area contributed by atoms with E-state index in [9.17, 15) is 4.79 Å². The first kappa shape index (κ1) is 18.1. The minimum absolute atomic E-state index is 0.276. The van der Waals surface area contributed by atoms with Gasteiger partial charge in [0.2, 0.25) is 0 Å². The molecule has 0 bridgehead atoms. The lowest BCUT2D eigenvalue weighted by Gasteiger charge is -2.18. The molecule has 0 atom stereocenters. The van der Waals surface area contributed by atoms with E-state index in [-0.39, 0.29) is 10.0 Å². The van der Waals surface area contributed by atoms with Crippen molar-refractivity contribution in [1.82, 2.24) is 4.90 Å². The SMILES string of the molecule is O=C(N=C1CCCN1Cc1ccccc1)Nc1c(Cl)cc(Cl)cc1Cl. The number of nitrogens with zero attached hydrogens (tertiary/aromatic N) is 2. The van der Waals surface area contributed by atoms with E-state index in [2.05, 4.69) is 27.3 Å². The first-order valence-corrected chi connectivity index (χ1v) is 8.98. The Morgan fingerprint density at radius 2 is 1.80 bits per heavy atom. The Morgan fingerprint density at radius 3 is 2.48 bits per heavy atom. The molecule has 0 saturated carbocycles. The quantitative estimate of drug-likeness (QED) is 0.704. The number of likely N-dealkylation sites (tertiary alicyclic amines) is 1. The van der Waals surface area contributed by atoms with Crippen molar-refractivity contribution < 1.29 is 4.79 Å². The Bertz CT molecular complexity index is 785. The highest BCUT2D eigenvalue weighted by atomic mass is 35.5. The number of hydrogen-bond donors (Lipinski definition) is 1. The number of carbonyl (C=O) groups is 1. The van der Waals surface area contributed by atoms with Gasteiger partial charge in [0.05, 0.1) is 15.7 Å². The van der Waals surface area contributed by atoms with Gasteiger partial charge in [-0.1, -0.05) is 65.1 Å². The molecule has 4 nitrogen and oxygen atoms in total. The van der Waals surface area contributed by atoms with Crippen LogP contribution in [0.4, 0.5) is 10.5 Å². The maximum absolute atomic E-state index is 12.3. The molecule has 2 aromatic carbocycles. The van der Waals surface area contributed by atoms with Crippen LogP contribution in [-0.4, -0.2) is 23.3 Å². The molecule has 2 amide bonds. The lowest BCUT2D eigenvalue weighted by Crippen LogP contribution is -2.26. The van der Waals surface area contributed by atoms with Crippen LogP contribution in [0, 0.1) is 0 Å². The molecule has 1 heterocycles. The molecule has 25 heavy (non-hydrogen) atoms. The highest BCUT2D eigenvalue weighted by Crippen LogP contribution is 2.33. The van der Waals surface area contributed by atoms with Gasteiger partial charge in [-0.15, -0.1) is 0 Å². The van der Waals surface area contributed by atoms with Crippen molar-refractivity contribution in [3.05, 3.63) is 63.1 Å². The van der Waals surface area contributed by atoms with Gasteiger partial charge in [0.25, 0.3) is 0 Å². The number of anilines is 1. The smallest absolute Gasteiger partial charge is 0.347 e. The Labute approximate surface area is 161 Å². The Hall–Kier alpha value is -1.75. The number of nitrogens with one attached hydrogen (secondary N) is 1. The van der Waals surface area contributed by atoms with Gasteiger partial charge in [0, 0.05) is 24.5 Å². The number of aliphatic imine (C=N–C) groups is 1. The van der Waals surface area contributed by atoms with E-state index in [1.807, 2.05) is 18.2 Å². The van der Waals surface area contributed by atoms with Crippen LogP contribution >= 0.6 is 34.8 Å². The Balaban J connectivity index is 1.72. The highest BCUT2D eigenvalue weighted by molar-refractivity contribution is 6.42. The molecule has 1 N–H and O–H groups in total. The van der Waals surface area contributed by atoms with Crippen LogP contribution in [0.3, 0.4) is 0 Å². The normalized spacial score (nSPS) is 15.6. The van der Waals surface area contributed by atoms with E-state index in [1.54, 1.807) is 0 Å². The van der Waals surface area contributed by atoms with Crippen LogP contribution in [0.5, 0.6) is 0 Å². The van der Waals surface area contributed by atoms with Crippen molar-refractivity contribution >= 4 is 52.4 Å². The van der Waals surface area contributed by atoms with Gasteiger partial charge in [-0.25, -0.2) is 4.79 Å². The summed E-state index contributed by atoms with van der Waals surface area (Å²) in [6.07, 6.45) is 1.74. The molecular weight excluding hydrogens is 381 g/mol. The summed E-state index contributed by atoms with van der Waals surface area (Å²) in [4.78, 5) is 18.6. The zero-order chi connectivity index (χ0) is 17.8. The minimum Gasteiger partial charge on any atom is -0.356 e. The maximum atomic E-state index is 12.3. The molecule has 1 aliphatic heterocycles. The molecule has 0 aromatic heterocycles. The number of amidine groups is 1. The summed E-state index contributed by atoms with van der Waals surface area (Å²) in [5, 5.41) is 3.60. The first-order valence-electron chi connectivity index (χ1n) is 7.85. The molecule has 2 aromatic rings. The second-order valence-electron chi connectivity index (χ2n) is 5.71. The maximum Gasteiger partial charge on any atom is 0.347 e. The Morgan fingerprint density at radius 1 is 1.12 bits per heavy atom. The van der Waals surface area contributed by atoms with Gasteiger partial charge in [0.15, 0.2) is 0 Å². The van der Waals surface area contributed by atoms with Crippen LogP contribution in [0.15, 0.2) is 47.5 Å². The van der Waals surface area contributed by atoms with Crippen LogP contribution in [-0.2, 0) is 6.54 Å². The molecule has 0 aliphatic carbocycles. The summed E-state index contributed by atoms with van der Waals surface area (Å²) in [6, 6.07) is 12.6. The molecule has 0 radical (unpaired) electrons. The van der Waals surface area contributed by atoms with Gasteiger partial charge in [-0.2, -0.15) is 4.99 Å². The minimum atomic E-state index is -0.499. The summed E-state index contributed by atoms with van der Waals surface area (Å²) in [7, 11) is 0. The van der Waals surface area contributed by atoms with E-state index in [1.165, 1.54) is 17.7 Å². The van der Waals surface area contributed by atoms with Crippen LogP contribution in [0.1, 0.15) is 18.4 Å². The van der Waals surface area contributed by atoms with E-state index in [0.29, 0.717) is 10.7 Å². The monoisotopic (exact) mass is 395 g/mol. The average Bonchev–Trinajstić information content (AvgIpc) is 2.98. The number of hydrogen-bond acceptors (Lipinski definition) is 1. The second-order valence-corrected chi connectivity index (χ2v) is 6.96. The van der Waals surface area contributed by atoms with Crippen molar-refractivity contribution in [3.8, 4) is 0 Å². The van der Waals surface area contributed by atoms with Crippen molar-refractivity contribution in [2.24, 2.45) is 4.99 Å². The molecule has 3 rings (SSSR count). The largest absolute Gasteiger partial charge is 0.356 e. The van der Waals surface area contributed by atoms with E-state index >= 15 is 0 Å². The number of amides is 2. The van der Waals surface area contributed by atoms with Gasteiger partial charge in [0.1, 0.15) is 5.84 Å². The van der Waals surface area contributed by atoms with Gasteiger partial charge in [-0.3, -0.25) is 0 Å². The third kappa shape index (κ3) is 4.66. The van der Waals surface area contributed by atoms with Gasteiger partial charge >= 0.3 is 6.03 Å². The number of rotatable bonds is 3. The molecule has 130 valence electrons. The molecule has 0 unspecified atom stereocenters. The summed E-state index contributed by atoms with van der Waals surface area (Å²) >= 11 is 18.1. The third-order valence-electron chi connectivity index (χ3n) is 3.88. The number of urea groups is 1. The van der Waals surface area contributed by atoms with Crippen molar-refractivity contribution in [1.29, 1.82) is 0 Å². The standard InChI is InChI=1S/C18H16Cl3N3O/c19-13-9-14(20)17(15(21)10-13)23-18(25)22-16-7-4-8-24(16)11-12-5-2-1-3-6-12/h1-3,5-6,9-10H,4,7-8,11H2,(H,23,25). The van der Waals surface area contributed by atoms with Gasteiger partial charge < -0.3 is 10.2 Å². The lowest BCUT2D eigenvalue weighted by atomic mass is 10.2. The van der Waals surface area contributed by atoms with Gasteiger partial charge in [-0.05, 0) is 24.1 Å². The zero-order valence-corrected chi connectivity index (χ0v) is 15.6. The Kier molecular flexibility index (Phi) is 5.84. The zero-order valence-electron chi connectivity index (χ0n) is 13.3. The predicted octanol–water partition coefficient (Wildman–Crippen LogP) is 5.87. The van der Waals surface area contributed by atoms with Crippen LogP contribution in [0.25, 0.3) is 0 Å². The summed E-state index contributed by atoms with van der Waals surface area (Å²) in [5.41, 5.74) is 1.50. The topological polar surface area (TPSA) is 44.7 Å². The van der Waals surface area contributed by atoms with Crippen molar-refractivity contribution in [2.45, 2.75) is 19.4 Å². The average molecular weight is 397 g/mol. The van der Waals surface area contributed by atoms with Crippen LogP contribution in [0.2, 0.25) is 15.1 Å². The fourth-order valence-corrected chi connectivity index (χ4v) is 3.64. The van der Waals surface area contributed by atoms with Crippen molar-refractivity contribution in [2.75, 3.05) is 11.9 Å². The summed E-state index contributed by atoms with van der Waals surface area (Å²) in [6.45, 7) is 1.61. The highest BCUT2D eigenvalue weighted by Gasteiger charge is 2.20. The van der Waals surface area contributed by atoms with E-state index < -0.39 is 6.03 Å². The van der Waals surface area contributed by atoms with E-state index in [4.69, 9.17) is 34.8 Å². The molecule has 0 spiro atoms. The number of halogens is 3. The molecule has 1 aliphatic rings. The predicted molar refractivity (Wildman–Crippen MR) is 104 cm³/mol. The first-order chi connectivity index (χ1) is 12.0. The van der Waals surface area contributed by atoms with E-state index in [0.717, 1.165) is 31.8 Å².